The number of carboxylic acid groups (broad SMARTS) is 1. The zero-order valence-electron chi connectivity index (χ0n) is 12.2. The van der Waals surface area contributed by atoms with Crippen molar-refractivity contribution in [3.05, 3.63) is 28.8 Å². The summed E-state index contributed by atoms with van der Waals surface area (Å²) >= 11 is 0. The van der Waals surface area contributed by atoms with Crippen LogP contribution in [0.2, 0.25) is 13.1 Å². The first-order chi connectivity index (χ1) is 8.68. The monoisotopic (exact) mass is 282 g/mol. The number of rotatable bonds is 4. The minimum Gasteiger partial charge on any atom is -0.546 e. The van der Waals surface area contributed by atoms with Crippen LogP contribution in [0.5, 0.6) is 5.75 Å². The first-order valence-electron chi connectivity index (χ1n) is 6.35. The number of carboxylic acids is 1. The highest BCUT2D eigenvalue weighted by Gasteiger charge is 2.25. The Morgan fingerprint density at radius 2 is 1.89 bits per heavy atom. The second kappa shape index (κ2) is 5.75. The van der Waals surface area contributed by atoms with Crippen LogP contribution in [-0.4, -0.2) is 25.2 Å². The van der Waals surface area contributed by atoms with E-state index in [1.54, 1.807) is 12.1 Å². The molecule has 0 fully saturated rings. The molecule has 0 amide bonds. The van der Waals surface area contributed by atoms with Gasteiger partial charge in [-0.3, -0.25) is 0 Å². The summed E-state index contributed by atoms with van der Waals surface area (Å²) in [5.74, 6) is -0.691. The lowest BCUT2D eigenvalue weighted by molar-refractivity contribution is 0.0694. The molecule has 0 aliphatic carbocycles. The Hall–Kier alpha value is -1.33. The summed E-state index contributed by atoms with van der Waals surface area (Å²) in [6, 6.07) is 3.33. The highest BCUT2D eigenvalue weighted by Crippen LogP contribution is 2.35. The van der Waals surface area contributed by atoms with Crippen LogP contribution in [0, 0.1) is 0 Å². The third-order valence-electron chi connectivity index (χ3n) is 2.81. The molecular weight excluding hydrogens is 260 g/mol. The summed E-state index contributed by atoms with van der Waals surface area (Å²) in [7, 11) is -1.46. The van der Waals surface area contributed by atoms with Gasteiger partial charge < -0.3 is 14.6 Å². The molecule has 1 rings (SSSR count). The molecule has 0 heterocycles. The topological polar surface area (TPSA) is 66.8 Å². The molecule has 0 aromatic heterocycles. The van der Waals surface area contributed by atoms with Crippen molar-refractivity contribution in [3.63, 3.8) is 0 Å². The zero-order chi connectivity index (χ0) is 14.8. The lowest BCUT2D eigenvalue weighted by Crippen LogP contribution is -2.20. The third-order valence-corrected chi connectivity index (χ3v) is 3.52. The predicted octanol–water partition coefficient (Wildman–Crippen LogP) is 2.54. The van der Waals surface area contributed by atoms with E-state index in [4.69, 9.17) is 4.43 Å². The molecule has 0 saturated carbocycles. The zero-order valence-corrected chi connectivity index (χ0v) is 13.3. The minimum absolute atomic E-state index is 0.123. The summed E-state index contributed by atoms with van der Waals surface area (Å²) in [6.45, 7) is 9.80. The molecular formula is C14H22O4Si. The van der Waals surface area contributed by atoms with Gasteiger partial charge in [0, 0.05) is 5.56 Å². The van der Waals surface area contributed by atoms with E-state index in [2.05, 4.69) is 0 Å². The average Bonchev–Trinajstić information content (AvgIpc) is 2.25. The van der Waals surface area contributed by atoms with Gasteiger partial charge in [-0.1, -0.05) is 26.8 Å². The molecule has 0 aliphatic rings. The van der Waals surface area contributed by atoms with Gasteiger partial charge in [0.1, 0.15) is 11.3 Å². The van der Waals surface area contributed by atoms with Crippen molar-refractivity contribution in [2.45, 2.75) is 45.9 Å². The van der Waals surface area contributed by atoms with E-state index in [0.29, 0.717) is 11.3 Å². The van der Waals surface area contributed by atoms with Crippen molar-refractivity contribution in [1.82, 2.24) is 0 Å². The molecule has 19 heavy (non-hydrogen) atoms. The standard InChI is InChI=1S/C14H22O4Si/c1-14(2,3)11-7-6-9(13(16)17)12(10(11)8-15)18-19(4)5/h6-7,15,19H,8H2,1-5H3,(H,16,17). The van der Waals surface area contributed by atoms with Crippen LogP contribution in [0.4, 0.5) is 0 Å². The number of hydrogen-bond donors (Lipinski definition) is 2. The number of aromatic carboxylic acids is 1. The van der Waals surface area contributed by atoms with Gasteiger partial charge in [0.25, 0.3) is 0 Å². The fourth-order valence-electron chi connectivity index (χ4n) is 2.03. The van der Waals surface area contributed by atoms with Crippen LogP contribution in [0.25, 0.3) is 0 Å². The highest BCUT2D eigenvalue weighted by molar-refractivity contribution is 6.49. The van der Waals surface area contributed by atoms with Gasteiger partial charge in [-0.25, -0.2) is 4.79 Å². The molecule has 0 bridgehead atoms. The highest BCUT2D eigenvalue weighted by atomic mass is 28.3. The third kappa shape index (κ3) is 3.58. The van der Waals surface area contributed by atoms with Crippen molar-refractivity contribution in [1.29, 1.82) is 0 Å². The summed E-state index contributed by atoms with van der Waals surface area (Å²) < 4.78 is 5.76. The maximum Gasteiger partial charge on any atom is 0.339 e. The first kappa shape index (κ1) is 15.7. The van der Waals surface area contributed by atoms with E-state index in [1.807, 2.05) is 33.9 Å². The van der Waals surface area contributed by atoms with Crippen LogP contribution < -0.4 is 4.43 Å². The first-order valence-corrected chi connectivity index (χ1v) is 9.13. The molecule has 0 atom stereocenters. The summed E-state index contributed by atoms with van der Waals surface area (Å²) in [6.07, 6.45) is 0. The summed E-state index contributed by atoms with van der Waals surface area (Å²) in [5.41, 5.74) is 1.46. The number of carbonyl (C=O) groups is 1. The Bertz CT molecular complexity index is 475. The second-order valence-electron chi connectivity index (χ2n) is 5.85. The Balaban J connectivity index is 3.54. The van der Waals surface area contributed by atoms with Crippen LogP contribution >= 0.6 is 0 Å². The Morgan fingerprint density at radius 1 is 1.32 bits per heavy atom. The second-order valence-corrected chi connectivity index (χ2v) is 8.18. The molecule has 0 saturated heterocycles. The normalized spacial score (nSPS) is 11.7. The fourth-order valence-corrected chi connectivity index (χ4v) is 2.77. The quantitative estimate of drug-likeness (QED) is 0.833. The van der Waals surface area contributed by atoms with Crippen LogP contribution in [0.15, 0.2) is 12.1 Å². The SMILES string of the molecule is C[SiH](C)Oc1c(C(=O)O)ccc(C(C)(C)C)c1CO. The van der Waals surface area contributed by atoms with Gasteiger partial charge in [-0.2, -0.15) is 0 Å². The number of benzene rings is 1. The van der Waals surface area contributed by atoms with Crippen molar-refractivity contribution in [2.24, 2.45) is 0 Å². The van der Waals surface area contributed by atoms with Gasteiger partial charge in [-0.05, 0) is 30.1 Å². The van der Waals surface area contributed by atoms with Gasteiger partial charge in [0.2, 0.25) is 9.04 Å². The van der Waals surface area contributed by atoms with E-state index < -0.39 is 15.0 Å². The van der Waals surface area contributed by atoms with E-state index in [-0.39, 0.29) is 17.6 Å². The predicted molar refractivity (Wildman–Crippen MR) is 77.5 cm³/mol. The van der Waals surface area contributed by atoms with Gasteiger partial charge >= 0.3 is 5.97 Å². The van der Waals surface area contributed by atoms with E-state index in [0.717, 1.165) is 5.56 Å². The Labute approximate surface area is 115 Å². The van der Waals surface area contributed by atoms with Crippen LogP contribution in [0.3, 0.4) is 0 Å². The number of hydrogen-bond acceptors (Lipinski definition) is 3. The molecule has 5 heteroatoms. The molecule has 106 valence electrons. The molecule has 1 aromatic carbocycles. The van der Waals surface area contributed by atoms with E-state index in [9.17, 15) is 15.0 Å². The lowest BCUT2D eigenvalue weighted by Gasteiger charge is -2.26. The minimum atomic E-state index is -1.46. The average molecular weight is 282 g/mol. The Morgan fingerprint density at radius 3 is 2.26 bits per heavy atom. The van der Waals surface area contributed by atoms with Gasteiger partial charge in [0.15, 0.2) is 0 Å². The Kier molecular flexibility index (Phi) is 4.76. The van der Waals surface area contributed by atoms with Crippen molar-refractivity contribution < 1.29 is 19.4 Å². The van der Waals surface area contributed by atoms with Gasteiger partial charge in [-0.15, -0.1) is 0 Å². The molecule has 0 radical (unpaired) electrons. The largest absolute Gasteiger partial charge is 0.546 e. The smallest absolute Gasteiger partial charge is 0.339 e. The lowest BCUT2D eigenvalue weighted by atomic mass is 9.83. The molecule has 1 aromatic rings. The van der Waals surface area contributed by atoms with Gasteiger partial charge in [0.05, 0.1) is 6.61 Å². The summed E-state index contributed by atoms with van der Waals surface area (Å²) in [5, 5.41) is 18.9. The van der Waals surface area contributed by atoms with Crippen molar-refractivity contribution in [3.8, 4) is 5.75 Å². The maximum absolute atomic E-state index is 11.3. The van der Waals surface area contributed by atoms with E-state index in [1.165, 1.54) is 0 Å². The number of aliphatic hydroxyl groups excluding tert-OH is 1. The summed E-state index contributed by atoms with van der Waals surface area (Å²) in [4.78, 5) is 11.3. The number of aliphatic hydroxyl groups is 1. The maximum atomic E-state index is 11.3. The molecule has 0 unspecified atom stereocenters. The van der Waals surface area contributed by atoms with Crippen molar-refractivity contribution >= 4 is 15.0 Å². The molecule has 0 spiro atoms. The van der Waals surface area contributed by atoms with Crippen LogP contribution in [0.1, 0.15) is 42.3 Å². The molecule has 2 N–H and O–H groups in total. The van der Waals surface area contributed by atoms with Crippen LogP contribution in [-0.2, 0) is 12.0 Å². The van der Waals surface area contributed by atoms with Crippen molar-refractivity contribution in [2.75, 3.05) is 0 Å². The fraction of sp³-hybridized carbons (Fsp3) is 0.500. The molecule has 4 nitrogen and oxygen atoms in total. The van der Waals surface area contributed by atoms with E-state index >= 15 is 0 Å². The molecule has 0 aliphatic heterocycles.